The SMILES string of the molecule is CO[C@H]1CN(C(=O)OC(C)(C)C)C[C@@H]1COc1cnn(C)c1. The monoisotopic (exact) mass is 311 g/mol. The molecule has 2 heterocycles. The molecule has 124 valence electrons. The molecule has 1 aliphatic rings. The molecule has 0 radical (unpaired) electrons. The van der Waals surface area contributed by atoms with Crippen molar-refractivity contribution < 1.29 is 19.0 Å². The molecule has 1 aliphatic heterocycles. The molecule has 0 spiro atoms. The van der Waals surface area contributed by atoms with Crippen LogP contribution >= 0.6 is 0 Å². The van der Waals surface area contributed by atoms with Gasteiger partial charge >= 0.3 is 6.09 Å². The lowest BCUT2D eigenvalue weighted by atomic mass is 10.1. The fourth-order valence-corrected chi connectivity index (χ4v) is 2.42. The maximum atomic E-state index is 12.1. The van der Waals surface area contributed by atoms with Crippen molar-refractivity contribution in [3.63, 3.8) is 0 Å². The van der Waals surface area contributed by atoms with Crippen LogP contribution in [0.15, 0.2) is 12.4 Å². The summed E-state index contributed by atoms with van der Waals surface area (Å²) in [6, 6.07) is 0. The number of nitrogens with zero attached hydrogens (tertiary/aromatic N) is 3. The van der Waals surface area contributed by atoms with Crippen LogP contribution in [-0.2, 0) is 16.5 Å². The Morgan fingerprint density at radius 1 is 1.41 bits per heavy atom. The molecule has 2 atom stereocenters. The number of ether oxygens (including phenoxy) is 3. The molecule has 0 unspecified atom stereocenters. The molecule has 7 heteroatoms. The van der Waals surface area contributed by atoms with Gasteiger partial charge in [0.15, 0.2) is 5.75 Å². The van der Waals surface area contributed by atoms with Crippen molar-refractivity contribution in [3.05, 3.63) is 12.4 Å². The Hall–Kier alpha value is -1.76. The Labute approximate surface area is 131 Å². The van der Waals surface area contributed by atoms with E-state index in [1.807, 2.05) is 34.0 Å². The number of rotatable bonds is 4. The van der Waals surface area contributed by atoms with Gasteiger partial charge in [-0.1, -0.05) is 0 Å². The molecule has 0 N–H and O–H groups in total. The van der Waals surface area contributed by atoms with E-state index in [1.54, 1.807) is 22.9 Å². The molecule has 2 rings (SSSR count). The van der Waals surface area contributed by atoms with E-state index in [9.17, 15) is 4.79 Å². The summed E-state index contributed by atoms with van der Waals surface area (Å²) < 4.78 is 18.3. The van der Waals surface area contributed by atoms with Crippen LogP contribution in [0, 0.1) is 5.92 Å². The third-order valence-corrected chi connectivity index (χ3v) is 3.48. The van der Waals surface area contributed by atoms with E-state index in [2.05, 4.69) is 5.10 Å². The lowest BCUT2D eigenvalue weighted by Gasteiger charge is -2.24. The summed E-state index contributed by atoms with van der Waals surface area (Å²) in [6.07, 6.45) is 3.12. The van der Waals surface area contributed by atoms with Gasteiger partial charge in [0.25, 0.3) is 0 Å². The normalized spacial score (nSPS) is 22.0. The summed E-state index contributed by atoms with van der Waals surface area (Å²) >= 11 is 0. The van der Waals surface area contributed by atoms with Crippen LogP contribution in [0.1, 0.15) is 20.8 Å². The van der Waals surface area contributed by atoms with Crippen molar-refractivity contribution in [1.82, 2.24) is 14.7 Å². The maximum absolute atomic E-state index is 12.1. The number of hydrogen-bond donors (Lipinski definition) is 0. The summed E-state index contributed by atoms with van der Waals surface area (Å²) in [4.78, 5) is 13.8. The Balaban J connectivity index is 1.90. The van der Waals surface area contributed by atoms with E-state index in [-0.39, 0.29) is 18.1 Å². The molecule has 1 aromatic rings. The van der Waals surface area contributed by atoms with Crippen molar-refractivity contribution in [2.45, 2.75) is 32.5 Å². The van der Waals surface area contributed by atoms with Crippen LogP contribution in [0.4, 0.5) is 4.79 Å². The zero-order valence-corrected chi connectivity index (χ0v) is 13.9. The van der Waals surface area contributed by atoms with Crippen molar-refractivity contribution in [3.8, 4) is 5.75 Å². The number of carbonyl (C=O) groups excluding carboxylic acids is 1. The van der Waals surface area contributed by atoms with E-state index in [1.165, 1.54) is 0 Å². The van der Waals surface area contributed by atoms with Crippen molar-refractivity contribution in [1.29, 1.82) is 0 Å². The lowest BCUT2D eigenvalue weighted by molar-refractivity contribution is 0.0250. The molecule has 7 nitrogen and oxygen atoms in total. The Morgan fingerprint density at radius 3 is 2.68 bits per heavy atom. The van der Waals surface area contributed by atoms with Gasteiger partial charge in [0.1, 0.15) is 5.60 Å². The van der Waals surface area contributed by atoms with Gasteiger partial charge < -0.3 is 19.1 Å². The quantitative estimate of drug-likeness (QED) is 0.846. The average Bonchev–Trinajstić information content (AvgIpc) is 3.00. The lowest BCUT2D eigenvalue weighted by Crippen LogP contribution is -2.36. The van der Waals surface area contributed by atoms with Crippen LogP contribution in [0.2, 0.25) is 0 Å². The van der Waals surface area contributed by atoms with Crippen LogP contribution in [0.25, 0.3) is 0 Å². The third kappa shape index (κ3) is 4.37. The van der Waals surface area contributed by atoms with Gasteiger partial charge in [-0.2, -0.15) is 5.10 Å². The van der Waals surface area contributed by atoms with E-state index >= 15 is 0 Å². The van der Waals surface area contributed by atoms with E-state index in [4.69, 9.17) is 14.2 Å². The number of amides is 1. The number of methoxy groups -OCH3 is 1. The maximum Gasteiger partial charge on any atom is 0.410 e. The molecule has 0 aromatic carbocycles. The molecule has 1 fully saturated rings. The number of aryl methyl sites for hydroxylation is 1. The number of aromatic nitrogens is 2. The van der Waals surface area contributed by atoms with Gasteiger partial charge in [0, 0.05) is 26.6 Å². The first kappa shape index (κ1) is 16.6. The minimum atomic E-state index is -0.496. The summed E-state index contributed by atoms with van der Waals surface area (Å²) in [5, 5.41) is 4.06. The van der Waals surface area contributed by atoms with Crippen LogP contribution < -0.4 is 4.74 Å². The van der Waals surface area contributed by atoms with Crippen molar-refractivity contribution in [2.75, 3.05) is 26.8 Å². The first-order valence-electron chi connectivity index (χ1n) is 7.40. The summed E-state index contributed by atoms with van der Waals surface area (Å²) in [5.41, 5.74) is -0.496. The van der Waals surface area contributed by atoms with Gasteiger partial charge in [0.05, 0.1) is 31.6 Å². The highest BCUT2D eigenvalue weighted by molar-refractivity contribution is 5.68. The predicted octanol–water partition coefficient (Wildman–Crippen LogP) is 1.68. The van der Waals surface area contributed by atoms with Gasteiger partial charge in [-0.05, 0) is 20.8 Å². The largest absolute Gasteiger partial charge is 0.490 e. The van der Waals surface area contributed by atoms with Crippen LogP contribution in [0.5, 0.6) is 5.75 Å². The smallest absolute Gasteiger partial charge is 0.410 e. The third-order valence-electron chi connectivity index (χ3n) is 3.48. The second kappa shape index (κ2) is 6.56. The topological polar surface area (TPSA) is 65.8 Å². The highest BCUT2D eigenvalue weighted by Gasteiger charge is 2.37. The van der Waals surface area contributed by atoms with E-state index in [0.29, 0.717) is 25.4 Å². The fourth-order valence-electron chi connectivity index (χ4n) is 2.42. The molecule has 0 aliphatic carbocycles. The molecule has 1 saturated heterocycles. The highest BCUT2D eigenvalue weighted by atomic mass is 16.6. The van der Waals surface area contributed by atoms with E-state index in [0.717, 1.165) is 0 Å². The number of carbonyl (C=O) groups is 1. The van der Waals surface area contributed by atoms with Crippen molar-refractivity contribution >= 4 is 6.09 Å². The molecule has 1 amide bonds. The van der Waals surface area contributed by atoms with Gasteiger partial charge in [-0.25, -0.2) is 4.79 Å². The molecule has 22 heavy (non-hydrogen) atoms. The van der Waals surface area contributed by atoms with Gasteiger partial charge in [-0.3, -0.25) is 4.68 Å². The second-order valence-corrected chi connectivity index (χ2v) is 6.58. The summed E-state index contributed by atoms with van der Waals surface area (Å²) in [5.74, 6) is 0.825. The first-order valence-corrected chi connectivity index (χ1v) is 7.40. The van der Waals surface area contributed by atoms with Crippen LogP contribution in [0.3, 0.4) is 0 Å². The predicted molar refractivity (Wildman–Crippen MR) is 80.8 cm³/mol. The molecular formula is C15H25N3O4. The summed E-state index contributed by atoms with van der Waals surface area (Å²) in [7, 11) is 3.49. The van der Waals surface area contributed by atoms with Crippen LogP contribution in [-0.4, -0.2) is 59.3 Å². The minimum absolute atomic E-state index is 0.0517. The average molecular weight is 311 g/mol. The standard InChI is InChI=1S/C15H25N3O4/c1-15(2,3)22-14(19)18-7-11(13(9-18)20-5)10-21-12-6-16-17(4)8-12/h6,8,11,13H,7,9-10H2,1-5H3/t11-,13+/m1/s1. The molecule has 1 aromatic heterocycles. The van der Waals surface area contributed by atoms with Gasteiger partial charge in [0.2, 0.25) is 0 Å². The zero-order chi connectivity index (χ0) is 16.3. The first-order chi connectivity index (χ1) is 10.3. The number of hydrogen-bond acceptors (Lipinski definition) is 5. The van der Waals surface area contributed by atoms with Crippen molar-refractivity contribution in [2.24, 2.45) is 13.0 Å². The van der Waals surface area contributed by atoms with Gasteiger partial charge in [-0.15, -0.1) is 0 Å². The Kier molecular flexibility index (Phi) is 4.95. The molecule has 0 bridgehead atoms. The Bertz CT molecular complexity index is 509. The molecular weight excluding hydrogens is 286 g/mol. The molecule has 0 saturated carbocycles. The minimum Gasteiger partial charge on any atom is -0.490 e. The summed E-state index contributed by atoms with van der Waals surface area (Å²) in [6.45, 7) is 7.14. The fraction of sp³-hybridized carbons (Fsp3) is 0.733. The number of likely N-dealkylation sites (tertiary alicyclic amines) is 1. The zero-order valence-electron chi connectivity index (χ0n) is 13.9. The highest BCUT2D eigenvalue weighted by Crippen LogP contribution is 2.23. The Morgan fingerprint density at radius 2 is 2.14 bits per heavy atom. The second-order valence-electron chi connectivity index (χ2n) is 6.58. The van der Waals surface area contributed by atoms with E-state index < -0.39 is 5.60 Å².